The molecule has 2 amide bonds. The Kier molecular flexibility index (Phi) is 6.10. The van der Waals surface area contributed by atoms with E-state index in [9.17, 15) is 9.59 Å². The molecular formula is C21H23N3O3. The maximum Gasteiger partial charge on any atom is 0.325 e. The fourth-order valence-corrected chi connectivity index (χ4v) is 3.10. The van der Waals surface area contributed by atoms with Gasteiger partial charge in [-0.1, -0.05) is 48.5 Å². The first-order chi connectivity index (χ1) is 13.2. The van der Waals surface area contributed by atoms with Crippen LogP contribution in [0.25, 0.3) is 10.9 Å². The van der Waals surface area contributed by atoms with Crippen molar-refractivity contribution in [3.8, 4) is 0 Å². The highest BCUT2D eigenvalue weighted by Crippen LogP contribution is 2.30. The van der Waals surface area contributed by atoms with Crippen LogP contribution < -0.4 is 10.6 Å². The molecule has 3 rings (SSSR count). The van der Waals surface area contributed by atoms with Crippen molar-refractivity contribution < 1.29 is 14.3 Å². The van der Waals surface area contributed by atoms with Crippen LogP contribution in [0.5, 0.6) is 0 Å². The van der Waals surface area contributed by atoms with Crippen LogP contribution >= 0.6 is 0 Å². The molecule has 2 aromatic carbocycles. The summed E-state index contributed by atoms with van der Waals surface area (Å²) >= 11 is 0. The predicted molar refractivity (Wildman–Crippen MR) is 105 cm³/mol. The van der Waals surface area contributed by atoms with Gasteiger partial charge in [0.05, 0.1) is 6.61 Å². The molecule has 140 valence electrons. The molecule has 0 saturated carbocycles. The number of rotatable bonds is 7. The van der Waals surface area contributed by atoms with Crippen LogP contribution in [0.15, 0.2) is 60.8 Å². The fourth-order valence-electron chi connectivity index (χ4n) is 3.10. The number of urea groups is 1. The Bertz CT molecular complexity index is 905. The Hall–Kier alpha value is -3.28. The Labute approximate surface area is 157 Å². The second-order valence-corrected chi connectivity index (χ2v) is 6.12. The van der Waals surface area contributed by atoms with Crippen molar-refractivity contribution in [3.05, 3.63) is 71.9 Å². The molecule has 1 heterocycles. The third kappa shape index (κ3) is 4.67. The first kappa shape index (κ1) is 18.5. The van der Waals surface area contributed by atoms with E-state index < -0.39 is 12.0 Å². The normalized spacial score (nSPS) is 11.7. The molecule has 0 aliphatic rings. The smallest absolute Gasteiger partial charge is 0.325 e. The topological polar surface area (TPSA) is 83.2 Å². The van der Waals surface area contributed by atoms with Crippen LogP contribution in [0.4, 0.5) is 4.79 Å². The van der Waals surface area contributed by atoms with Gasteiger partial charge in [-0.15, -0.1) is 0 Å². The molecule has 6 nitrogen and oxygen atoms in total. The molecular weight excluding hydrogens is 342 g/mol. The van der Waals surface area contributed by atoms with Crippen LogP contribution in [0.1, 0.15) is 24.0 Å². The number of aromatic nitrogens is 1. The third-order valence-electron chi connectivity index (χ3n) is 4.36. The molecule has 0 fully saturated rings. The van der Waals surface area contributed by atoms with Crippen molar-refractivity contribution in [3.63, 3.8) is 0 Å². The molecule has 0 bridgehead atoms. The van der Waals surface area contributed by atoms with Gasteiger partial charge in [-0.05, 0) is 24.1 Å². The molecule has 3 N–H and O–H groups in total. The largest absolute Gasteiger partial charge is 0.465 e. The van der Waals surface area contributed by atoms with E-state index in [0.717, 1.165) is 22.0 Å². The lowest BCUT2D eigenvalue weighted by molar-refractivity contribution is -0.141. The summed E-state index contributed by atoms with van der Waals surface area (Å²) in [5.74, 6) is -0.473. The van der Waals surface area contributed by atoms with Gasteiger partial charge in [-0.3, -0.25) is 4.79 Å². The quantitative estimate of drug-likeness (QED) is 0.563. The van der Waals surface area contributed by atoms with E-state index in [-0.39, 0.29) is 12.5 Å². The average Bonchev–Trinajstić information content (AvgIpc) is 3.12. The van der Waals surface area contributed by atoms with Crippen molar-refractivity contribution in [2.75, 3.05) is 19.7 Å². The van der Waals surface area contributed by atoms with Gasteiger partial charge in [0.25, 0.3) is 0 Å². The van der Waals surface area contributed by atoms with E-state index in [2.05, 4.69) is 21.7 Å². The number of benzene rings is 2. The van der Waals surface area contributed by atoms with Crippen LogP contribution in [0, 0.1) is 0 Å². The zero-order valence-corrected chi connectivity index (χ0v) is 15.2. The molecule has 0 spiro atoms. The molecule has 0 aliphatic heterocycles. The summed E-state index contributed by atoms with van der Waals surface area (Å²) in [5, 5.41) is 6.51. The second-order valence-electron chi connectivity index (χ2n) is 6.12. The van der Waals surface area contributed by atoms with Gasteiger partial charge in [0.2, 0.25) is 0 Å². The first-order valence-electron chi connectivity index (χ1n) is 8.97. The number of para-hydroxylation sites is 1. The Morgan fingerprint density at radius 3 is 2.56 bits per heavy atom. The molecule has 1 atom stereocenters. The number of H-pyrrole nitrogens is 1. The SMILES string of the molecule is CCOC(=O)CNC(=O)NC[C@@H](c1ccccc1)c1c[nH]c2ccccc12. The van der Waals surface area contributed by atoms with Gasteiger partial charge in [0, 0.05) is 29.6 Å². The summed E-state index contributed by atoms with van der Waals surface area (Å²) in [5.41, 5.74) is 3.27. The fraction of sp³-hybridized carbons (Fsp3) is 0.238. The number of amides is 2. The highest BCUT2D eigenvalue weighted by molar-refractivity contribution is 5.84. The number of aromatic amines is 1. The van der Waals surface area contributed by atoms with E-state index in [1.807, 2.05) is 54.7 Å². The first-order valence-corrected chi connectivity index (χ1v) is 8.97. The molecule has 1 aromatic heterocycles. The number of hydrogen-bond acceptors (Lipinski definition) is 3. The molecule has 0 aliphatic carbocycles. The van der Waals surface area contributed by atoms with Gasteiger partial charge in [0.15, 0.2) is 0 Å². The number of esters is 1. The van der Waals surface area contributed by atoms with Crippen molar-refractivity contribution in [2.24, 2.45) is 0 Å². The van der Waals surface area contributed by atoms with E-state index in [0.29, 0.717) is 13.2 Å². The molecule has 0 unspecified atom stereocenters. The Balaban J connectivity index is 1.74. The highest BCUT2D eigenvalue weighted by Gasteiger charge is 2.19. The van der Waals surface area contributed by atoms with Gasteiger partial charge < -0.3 is 20.4 Å². The third-order valence-corrected chi connectivity index (χ3v) is 4.36. The number of nitrogens with one attached hydrogen (secondary N) is 3. The highest BCUT2D eigenvalue weighted by atomic mass is 16.5. The summed E-state index contributed by atoms with van der Waals surface area (Å²) in [6, 6.07) is 17.7. The molecule has 3 aromatic rings. The summed E-state index contributed by atoms with van der Waals surface area (Å²) in [7, 11) is 0. The number of carbonyl (C=O) groups excluding carboxylic acids is 2. The minimum atomic E-state index is -0.455. The summed E-state index contributed by atoms with van der Waals surface area (Å²) < 4.78 is 4.81. The number of fused-ring (bicyclic) bond motifs is 1. The lowest BCUT2D eigenvalue weighted by Crippen LogP contribution is -2.40. The monoisotopic (exact) mass is 365 g/mol. The van der Waals surface area contributed by atoms with E-state index in [1.165, 1.54) is 0 Å². The van der Waals surface area contributed by atoms with Crippen LogP contribution in [0.3, 0.4) is 0 Å². The summed E-state index contributed by atoms with van der Waals surface area (Å²) in [6.45, 7) is 2.27. The zero-order chi connectivity index (χ0) is 19.1. The van der Waals surface area contributed by atoms with Crippen molar-refractivity contribution in [2.45, 2.75) is 12.8 Å². The van der Waals surface area contributed by atoms with Crippen molar-refractivity contribution in [1.82, 2.24) is 15.6 Å². The Morgan fingerprint density at radius 2 is 1.78 bits per heavy atom. The number of hydrogen-bond donors (Lipinski definition) is 3. The lowest BCUT2D eigenvalue weighted by atomic mass is 9.91. The van der Waals surface area contributed by atoms with Gasteiger partial charge in [-0.25, -0.2) is 4.79 Å². The maximum absolute atomic E-state index is 12.1. The summed E-state index contributed by atoms with van der Waals surface area (Å²) in [4.78, 5) is 26.7. The molecule has 6 heteroatoms. The molecule has 27 heavy (non-hydrogen) atoms. The standard InChI is InChI=1S/C21H23N3O3/c1-2-27-20(25)14-24-21(26)23-12-17(15-8-4-3-5-9-15)18-13-22-19-11-7-6-10-16(18)19/h3-11,13,17,22H,2,12,14H2,1H3,(H2,23,24,26)/t17-/m0/s1. The average molecular weight is 365 g/mol. The van der Waals surface area contributed by atoms with Crippen molar-refractivity contribution in [1.29, 1.82) is 0 Å². The number of carbonyl (C=O) groups is 2. The van der Waals surface area contributed by atoms with E-state index in [1.54, 1.807) is 6.92 Å². The number of ether oxygens (including phenoxy) is 1. The van der Waals surface area contributed by atoms with Gasteiger partial charge in [-0.2, -0.15) is 0 Å². The van der Waals surface area contributed by atoms with Crippen molar-refractivity contribution >= 4 is 22.9 Å². The predicted octanol–water partition coefficient (Wildman–Crippen LogP) is 3.16. The van der Waals surface area contributed by atoms with E-state index in [4.69, 9.17) is 4.74 Å². The van der Waals surface area contributed by atoms with Crippen LogP contribution in [0.2, 0.25) is 0 Å². The Morgan fingerprint density at radius 1 is 1.04 bits per heavy atom. The minimum Gasteiger partial charge on any atom is -0.465 e. The summed E-state index contributed by atoms with van der Waals surface area (Å²) in [6.07, 6.45) is 1.99. The van der Waals surface area contributed by atoms with Gasteiger partial charge >= 0.3 is 12.0 Å². The maximum atomic E-state index is 12.1. The minimum absolute atomic E-state index is 0.0179. The van der Waals surface area contributed by atoms with Crippen LogP contribution in [-0.2, 0) is 9.53 Å². The second kappa shape index (κ2) is 8.89. The lowest BCUT2D eigenvalue weighted by Gasteiger charge is -2.18. The zero-order valence-electron chi connectivity index (χ0n) is 15.2. The molecule has 0 saturated heterocycles. The van der Waals surface area contributed by atoms with Crippen LogP contribution in [-0.4, -0.2) is 36.7 Å². The van der Waals surface area contributed by atoms with Gasteiger partial charge in [0.1, 0.15) is 6.54 Å². The van der Waals surface area contributed by atoms with E-state index >= 15 is 0 Å². The molecule has 0 radical (unpaired) electrons.